The number of pyridine rings is 1. The van der Waals surface area contributed by atoms with E-state index in [0.717, 1.165) is 0 Å². The molecule has 0 saturated carbocycles. The summed E-state index contributed by atoms with van der Waals surface area (Å²) in [6.45, 7) is 0.925. The fourth-order valence-electron chi connectivity index (χ4n) is 3.02. The van der Waals surface area contributed by atoms with Gasteiger partial charge in [0.1, 0.15) is 6.07 Å². The van der Waals surface area contributed by atoms with E-state index in [1.54, 1.807) is 41.3 Å². The second kappa shape index (κ2) is 7.15. The smallest absolute Gasteiger partial charge is 0.434 e. The Bertz CT molecular complexity index is 886. The van der Waals surface area contributed by atoms with Crippen molar-refractivity contribution in [1.82, 2.24) is 9.88 Å². The molecule has 2 heterocycles. The van der Waals surface area contributed by atoms with E-state index in [1.165, 1.54) is 11.0 Å². The molecule has 1 aliphatic rings. The highest BCUT2D eigenvalue weighted by Crippen LogP contribution is 2.38. The summed E-state index contributed by atoms with van der Waals surface area (Å²) in [7, 11) is 0. The largest absolute Gasteiger partial charge is 0.465 e. The minimum atomic E-state index is -4.71. The molecular formula is C18H15F3N4O2. The molecule has 27 heavy (non-hydrogen) atoms. The number of carbonyl (C=O) groups is 1. The third-order valence-corrected chi connectivity index (χ3v) is 4.35. The first-order valence-electron chi connectivity index (χ1n) is 8.12. The molecule has 0 spiro atoms. The van der Waals surface area contributed by atoms with Gasteiger partial charge < -0.3 is 14.9 Å². The Morgan fingerprint density at radius 1 is 1.15 bits per heavy atom. The van der Waals surface area contributed by atoms with E-state index in [9.17, 15) is 23.2 Å². The summed E-state index contributed by atoms with van der Waals surface area (Å²) in [5.41, 5.74) is -0.941. The van der Waals surface area contributed by atoms with Crippen LogP contribution in [0.25, 0.3) is 11.1 Å². The number of benzene rings is 1. The standard InChI is InChI=1S/C18H15F3N4O2/c19-18(20,21)16-13(12-4-2-1-3-5-12)10-15(14(11-22)23-16)24-6-8-25(9-7-24)17(26)27/h1-5,10H,6-9H2,(H,26,27). The van der Waals surface area contributed by atoms with Crippen molar-refractivity contribution in [3.05, 3.63) is 47.8 Å². The quantitative estimate of drug-likeness (QED) is 0.869. The highest BCUT2D eigenvalue weighted by Gasteiger charge is 2.37. The van der Waals surface area contributed by atoms with Gasteiger partial charge in [-0.25, -0.2) is 9.78 Å². The zero-order valence-electron chi connectivity index (χ0n) is 14.1. The lowest BCUT2D eigenvalue weighted by Crippen LogP contribution is -2.48. The molecule has 3 rings (SSSR count). The first-order chi connectivity index (χ1) is 12.8. The highest BCUT2D eigenvalue weighted by atomic mass is 19.4. The van der Waals surface area contributed by atoms with Crippen LogP contribution >= 0.6 is 0 Å². The molecular weight excluding hydrogens is 361 g/mol. The fourth-order valence-corrected chi connectivity index (χ4v) is 3.02. The number of hydrogen-bond acceptors (Lipinski definition) is 4. The van der Waals surface area contributed by atoms with Gasteiger partial charge in [-0.1, -0.05) is 30.3 Å². The zero-order chi connectivity index (χ0) is 19.6. The lowest BCUT2D eigenvalue weighted by Gasteiger charge is -2.35. The molecule has 0 bridgehead atoms. The Morgan fingerprint density at radius 2 is 1.78 bits per heavy atom. The van der Waals surface area contributed by atoms with E-state index >= 15 is 0 Å². The van der Waals surface area contributed by atoms with Gasteiger partial charge in [0.05, 0.1) is 5.69 Å². The van der Waals surface area contributed by atoms with Crippen molar-refractivity contribution in [3.8, 4) is 17.2 Å². The van der Waals surface area contributed by atoms with Crippen molar-refractivity contribution < 1.29 is 23.1 Å². The molecule has 1 aliphatic heterocycles. The van der Waals surface area contributed by atoms with E-state index < -0.39 is 18.0 Å². The maximum absolute atomic E-state index is 13.5. The molecule has 0 radical (unpaired) electrons. The average molecular weight is 376 g/mol. The summed E-state index contributed by atoms with van der Waals surface area (Å²) in [5, 5.41) is 18.4. The average Bonchev–Trinajstić information content (AvgIpc) is 2.67. The van der Waals surface area contributed by atoms with Crippen LogP contribution < -0.4 is 4.90 Å². The van der Waals surface area contributed by atoms with Crippen LogP contribution in [-0.4, -0.2) is 47.3 Å². The molecule has 1 aromatic heterocycles. The molecule has 9 heteroatoms. The van der Waals surface area contributed by atoms with E-state index in [-0.39, 0.29) is 43.1 Å². The van der Waals surface area contributed by atoms with Crippen LogP contribution in [-0.2, 0) is 6.18 Å². The zero-order valence-corrected chi connectivity index (χ0v) is 14.1. The molecule has 1 N–H and O–H groups in total. The van der Waals surface area contributed by atoms with E-state index in [1.807, 2.05) is 0 Å². The summed E-state index contributed by atoms with van der Waals surface area (Å²) in [5.74, 6) is 0. The van der Waals surface area contributed by atoms with Gasteiger partial charge in [0, 0.05) is 31.7 Å². The van der Waals surface area contributed by atoms with Crippen molar-refractivity contribution >= 4 is 11.8 Å². The van der Waals surface area contributed by atoms with Crippen molar-refractivity contribution in [2.24, 2.45) is 0 Å². The number of hydrogen-bond donors (Lipinski definition) is 1. The number of piperazine rings is 1. The minimum Gasteiger partial charge on any atom is -0.465 e. The van der Waals surface area contributed by atoms with Crippen LogP contribution in [0.4, 0.5) is 23.7 Å². The predicted octanol–water partition coefficient (Wildman–Crippen LogP) is 3.44. The van der Waals surface area contributed by atoms with Crippen molar-refractivity contribution in [3.63, 3.8) is 0 Å². The molecule has 1 saturated heterocycles. The lowest BCUT2D eigenvalue weighted by molar-refractivity contribution is -0.140. The molecule has 1 fully saturated rings. The SMILES string of the molecule is N#Cc1nc(C(F)(F)F)c(-c2ccccc2)cc1N1CCN(C(=O)O)CC1. The van der Waals surface area contributed by atoms with E-state index in [2.05, 4.69) is 4.98 Å². The molecule has 1 amide bonds. The first kappa shape index (κ1) is 18.5. The van der Waals surface area contributed by atoms with Crippen LogP contribution in [0.3, 0.4) is 0 Å². The number of carboxylic acid groups (broad SMARTS) is 1. The van der Waals surface area contributed by atoms with Gasteiger partial charge in [0.2, 0.25) is 0 Å². The topological polar surface area (TPSA) is 80.5 Å². The normalized spacial score (nSPS) is 14.7. The van der Waals surface area contributed by atoms with Crippen LogP contribution in [0.1, 0.15) is 11.4 Å². The van der Waals surface area contributed by atoms with Crippen LogP contribution in [0.15, 0.2) is 36.4 Å². The summed E-state index contributed by atoms with van der Waals surface area (Å²) in [6.07, 6.45) is -5.76. The molecule has 140 valence electrons. The molecule has 0 atom stereocenters. The molecule has 6 nitrogen and oxygen atoms in total. The second-order valence-corrected chi connectivity index (χ2v) is 5.98. The first-order valence-corrected chi connectivity index (χ1v) is 8.12. The van der Waals surface area contributed by atoms with Crippen LogP contribution in [0.5, 0.6) is 0 Å². The Hall–Kier alpha value is -3.28. The highest BCUT2D eigenvalue weighted by molar-refractivity contribution is 5.74. The molecule has 1 aromatic carbocycles. The maximum atomic E-state index is 13.5. The van der Waals surface area contributed by atoms with Gasteiger partial charge in [-0.3, -0.25) is 0 Å². The number of amides is 1. The monoisotopic (exact) mass is 376 g/mol. The minimum absolute atomic E-state index is 0.113. The molecule has 2 aromatic rings. The van der Waals surface area contributed by atoms with Crippen molar-refractivity contribution in [2.45, 2.75) is 6.18 Å². The fraction of sp³-hybridized carbons (Fsp3) is 0.278. The molecule has 0 aliphatic carbocycles. The van der Waals surface area contributed by atoms with E-state index in [0.29, 0.717) is 5.56 Å². The number of anilines is 1. The van der Waals surface area contributed by atoms with Crippen LogP contribution in [0, 0.1) is 11.3 Å². The number of nitrogens with zero attached hydrogens (tertiary/aromatic N) is 4. The Kier molecular flexibility index (Phi) is 4.90. The number of aromatic nitrogens is 1. The summed E-state index contributed by atoms with van der Waals surface area (Å²) >= 11 is 0. The third kappa shape index (κ3) is 3.79. The Labute approximate surface area is 153 Å². The van der Waals surface area contributed by atoms with Gasteiger partial charge in [-0.15, -0.1) is 0 Å². The summed E-state index contributed by atoms with van der Waals surface area (Å²) in [6, 6.07) is 11.1. The van der Waals surface area contributed by atoms with Crippen molar-refractivity contribution in [1.29, 1.82) is 5.26 Å². The third-order valence-electron chi connectivity index (χ3n) is 4.35. The number of halogens is 3. The maximum Gasteiger partial charge on any atom is 0.434 e. The molecule has 0 unspecified atom stereocenters. The van der Waals surface area contributed by atoms with Gasteiger partial charge in [-0.05, 0) is 11.6 Å². The van der Waals surface area contributed by atoms with Gasteiger partial charge >= 0.3 is 12.3 Å². The predicted molar refractivity (Wildman–Crippen MR) is 91.2 cm³/mol. The van der Waals surface area contributed by atoms with E-state index in [4.69, 9.17) is 5.11 Å². The van der Waals surface area contributed by atoms with Crippen LogP contribution in [0.2, 0.25) is 0 Å². The number of nitriles is 1. The van der Waals surface area contributed by atoms with Crippen molar-refractivity contribution in [2.75, 3.05) is 31.1 Å². The number of alkyl halides is 3. The van der Waals surface area contributed by atoms with Gasteiger partial charge in [0.25, 0.3) is 0 Å². The summed E-state index contributed by atoms with van der Waals surface area (Å²) in [4.78, 5) is 17.6. The lowest BCUT2D eigenvalue weighted by atomic mass is 10.0. The summed E-state index contributed by atoms with van der Waals surface area (Å²) < 4.78 is 40.5. The Balaban J connectivity index is 2.07. The van der Waals surface area contributed by atoms with Gasteiger partial charge in [-0.2, -0.15) is 18.4 Å². The second-order valence-electron chi connectivity index (χ2n) is 5.98. The number of rotatable bonds is 2. The Morgan fingerprint density at radius 3 is 2.30 bits per heavy atom. The van der Waals surface area contributed by atoms with Gasteiger partial charge in [0.15, 0.2) is 11.4 Å².